The van der Waals surface area contributed by atoms with Gasteiger partial charge in [-0.25, -0.2) is 9.78 Å². The highest BCUT2D eigenvalue weighted by Crippen LogP contribution is 2.16. The Morgan fingerprint density at radius 1 is 1.39 bits per heavy atom. The molecule has 0 radical (unpaired) electrons. The zero-order chi connectivity index (χ0) is 16.6. The van der Waals surface area contributed by atoms with Crippen molar-refractivity contribution >= 4 is 34.1 Å². The Labute approximate surface area is 136 Å². The SMILES string of the molecule is CN1C(=O)[C@H](CC(=O)NCCc2cn3ccsc3n2)N(C)C1=O. The first-order valence-electron chi connectivity index (χ1n) is 7.19. The van der Waals surface area contributed by atoms with Gasteiger partial charge in [0.1, 0.15) is 6.04 Å². The minimum Gasteiger partial charge on any atom is -0.356 e. The minimum atomic E-state index is -0.717. The van der Waals surface area contributed by atoms with Gasteiger partial charge in [-0.2, -0.15) is 0 Å². The Hall–Kier alpha value is -2.42. The summed E-state index contributed by atoms with van der Waals surface area (Å²) in [6.45, 7) is 0.443. The zero-order valence-electron chi connectivity index (χ0n) is 12.9. The van der Waals surface area contributed by atoms with Crippen LogP contribution in [0.25, 0.3) is 4.96 Å². The number of fused-ring (bicyclic) bond motifs is 1. The Bertz CT molecular complexity index is 739. The van der Waals surface area contributed by atoms with Crippen LogP contribution in [0.3, 0.4) is 0 Å². The number of aromatic nitrogens is 2. The van der Waals surface area contributed by atoms with Gasteiger partial charge in [-0.15, -0.1) is 11.3 Å². The van der Waals surface area contributed by atoms with Crippen LogP contribution in [0.2, 0.25) is 0 Å². The molecule has 8 nitrogen and oxygen atoms in total. The molecule has 1 fully saturated rings. The maximum atomic E-state index is 12.0. The van der Waals surface area contributed by atoms with Crippen LogP contribution in [-0.4, -0.2) is 63.7 Å². The summed E-state index contributed by atoms with van der Waals surface area (Å²) in [5, 5.41) is 4.73. The van der Waals surface area contributed by atoms with Crippen LogP contribution < -0.4 is 5.32 Å². The zero-order valence-corrected chi connectivity index (χ0v) is 13.7. The second-order valence-corrected chi connectivity index (χ2v) is 6.31. The molecule has 0 aliphatic carbocycles. The smallest absolute Gasteiger partial charge is 0.326 e. The number of imide groups is 1. The number of nitrogens with one attached hydrogen (secondary N) is 1. The number of amides is 4. The number of urea groups is 1. The molecule has 4 amide bonds. The lowest BCUT2D eigenvalue weighted by Crippen LogP contribution is -2.37. The molecule has 23 heavy (non-hydrogen) atoms. The predicted molar refractivity (Wildman–Crippen MR) is 84.1 cm³/mol. The standard InChI is InChI=1S/C14H17N5O3S/c1-17-10(12(21)18(2)14(17)22)7-11(20)15-4-3-9-8-19-5-6-23-13(19)16-9/h5-6,8,10H,3-4,7H2,1-2H3,(H,15,20)/t10-/m0/s1. The molecule has 122 valence electrons. The van der Waals surface area contributed by atoms with E-state index >= 15 is 0 Å². The van der Waals surface area contributed by atoms with Gasteiger partial charge in [0, 0.05) is 44.8 Å². The Balaban J connectivity index is 1.49. The van der Waals surface area contributed by atoms with Gasteiger partial charge in [-0.3, -0.25) is 18.9 Å². The van der Waals surface area contributed by atoms with Crippen molar-refractivity contribution in [2.24, 2.45) is 0 Å². The lowest BCUT2D eigenvalue weighted by atomic mass is 10.2. The summed E-state index contributed by atoms with van der Waals surface area (Å²) < 4.78 is 1.94. The van der Waals surface area contributed by atoms with Gasteiger partial charge in [0.15, 0.2) is 4.96 Å². The quantitative estimate of drug-likeness (QED) is 0.798. The van der Waals surface area contributed by atoms with Crippen molar-refractivity contribution < 1.29 is 14.4 Å². The summed E-state index contributed by atoms with van der Waals surface area (Å²) in [7, 11) is 2.95. The number of nitrogens with zero attached hydrogens (tertiary/aromatic N) is 4. The molecule has 1 aliphatic heterocycles. The van der Waals surface area contributed by atoms with E-state index in [0.717, 1.165) is 15.6 Å². The lowest BCUT2D eigenvalue weighted by Gasteiger charge is -2.15. The van der Waals surface area contributed by atoms with Crippen molar-refractivity contribution in [2.75, 3.05) is 20.6 Å². The molecule has 1 atom stereocenters. The second kappa shape index (κ2) is 5.99. The lowest BCUT2D eigenvalue weighted by molar-refractivity contribution is -0.131. The summed E-state index contributed by atoms with van der Waals surface area (Å²) in [6, 6.07) is -1.10. The number of rotatable bonds is 5. The second-order valence-electron chi connectivity index (χ2n) is 5.44. The number of carbonyl (C=O) groups excluding carboxylic acids is 3. The van der Waals surface area contributed by atoms with Crippen LogP contribution in [0.4, 0.5) is 4.79 Å². The van der Waals surface area contributed by atoms with Crippen molar-refractivity contribution in [1.29, 1.82) is 0 Å². The molecule has 0 aromatic carbocycles. The third-order valence-corrected chi connectivity index (χ3v) is 4.67. The largest absolute Gasteiger partial charge is 0.356 e. The monoisotopic (exact) mass is 335 g/mol. The molecule has 0 saturated carbocycles. The molecule has 2 aromatic heterocycles. The molecule has 1 aliphatic rings. The van der Waals surface area contributed by atoms with E-state index in [9.17, 15) is 14.4 Å². The number of thiazole rings is 1. The molecular weight excluding hydrogens is 318 g/mol. The first-order chi connectivity index (χ1) is 11.0. The highest BCUT2D eigenvalue weighted by Gasteiger charge is 2.41. The minimum absolute atomic E-state index is 0.0241. The number of hydrogen-bond donors (Lipinski definition) is 1. The van der Waals surface area contributed by atoms with Crippen molar-refractivity contribution in [3.05, 3.63) is 23.5 Å². The van der Waals surface area contributed by atoms with Gasteiger partial charge in [0.05, 0.1) is 12.1 Å². The first kappa shape index (κ1) is 15.5. The number of imidazole rings is 1. The van der Waals surface area contributed by atoms with Crippen molar-refractivity contribution in [2.45, 2.75) is 18.9 Å². The number of likely N-dealkylation sites (N-methyl/N-ethyl adjacent to an activating group) is 2. The fourth-order valence-electron chi connectivity index (χ4n) is 2.55. The van der Waals surface area contributed by atoms with Gasteiger partial charge in [-0.1, -0.05) is 0 Å². The predicted octanol–water partition coefficient (Wildman–Crippen LogP) is 0.337. The van der Waals surface area contributed by atoms with Gasteiger partial charge in [0.2, 0.25) is 5.91 Å². The van der Waals surface area contributed by atoms with Gasteiger partial charge in [0.25, 0.3) is 5.91 Å². The van der Waals surface area contributed by atoms with Crippen LogP contribution >= 0.6 is 11.3 Å². The summed E-state index contributed by atoms with van der Waals surface area (Å²) >= 11 is 1.55. The highest BCUT2D eigenvalue weighted by molar-refractivity contribution is 7.15. The van der Waals surface area contributed by atoms with Gasteiger partial charge in [-0.05, 0) is 0 Å². The summed E-state index contributed by atoms with van der Waals surface area (Å²) in [4.78, 5) is 43.2. The summed E-state index contributed by atoms with van der Waals surface area (Å²) in [5.41, 5.74) is 0.904. The average molecular weight is 335 g/mol. The molecule has 0 unspecified atom stereocenters. The van der Waals surface area contributed by atoms with Gasteiger partial charge >= 0.3 is 6.03 Å². The third kappa shape index (κ3) is 2.91. The van der Waals surface area contributed by atoms with E-state index in [-0.39, 0.29) is 24.3 Å². The third-order valence-electron chi connectivity index (χ3n) is 3.90. The van der Waals surface area contributed by atoms with Crippen LogP contribution in [-0.2, 0) is 16.0 Å². The van der Waals surface area contributed by atoms with E-state index in [4.69, 9.17) is 0 Å². The average Bonchev–Trinajstić information content (AvgIpc) is 3.14. The van der Waals surface area contributed by atoms with Crippen LogP contribution in [0, 0.1) is 0 Å². The highest BCUT2D eigenvalue weighted by atomic mass is 32.1. The van der Waals surface area contributed by atoms with Crippen molar-refractivity contribution in [3.63, 3.8) is 0 Å². The molecule has 9 heteroatoms. The Morgan fingerprint density at radius 2 is 2.17 bits per heavy atom. The molecule has 2 aromatic rings. The van der Waals surface area contributed by atoms with Crippen molar-refractivity contribution in [3.8, 4) is 0 Å². The Kier molecular flexibility index (Phi) is 4.03. The van der Waals surface area contributed by atoms with E-state index in [0.29, 0.717) is 13.0 Å². The number of hydrogen-bond acceptors (Lipinski definition) is 5. The molecule has 1 saturated heterocycles. The molecule has 1 N–H and O–H groups in total. The Morgan fingerprint density at radius 3 is 2.83 bits per heavy atom. The number of carbonyl (C=O) groups is 3. The van der Waals surface area contributed by atoms with E-state index in [1.807, 2.05) is 22.2 Å². The fraction of sp³-hybridized carbons (Fsp3) is 0.429. The van der Waals surface area contributed by atoms with Crippen molar-refractivity contribution in [1.82, 2.24) is 24.5 Å². The van der Waals surface area contributed by atoms with Crippen LogP contribution in [0.5, 0.6) is 0 Å². The van der Waals surface area contributed by atoms with Crippen LogP contribution in [0.1, 0.15) is 12.1 Å². The molecule has 3 rings (SSSR count). The van der Waals surface area contributed by atoms with E-state index in [1.54, 1.807) is 11.3 Å². The van der Waals surface area contributed by atoms with Gasteiger partial charge < -0.3 is 10.2 Å². The molecular formula is C14H17N5O3S. The maximum Gasteiger partial charge on any atom is 0.326 e. The summed E-state index contributed by atoms with van der Waals surface area (Å²) in [6.07, 6.45) is 4.46. The van der Waals surface area contributed by atoms with E-state index in [1.165, 1.54) is 19.0 Å². The normalized spacial score (nSPS) is 18.3. The van der Waals surface area contributed by atoms with E-state index < -0.39 is 6.04 Å². The topological polar surface area (TPSA) is 87.0 Å². The fourth-order valence-corrected chi connectivity index (χ4v) is 3.27. The van der Waals surface area contributed by atoms with Crippen LogP contribution in [0.15, 0.2) is 17.8 Å². The maximum absolute atomic E-state index is 12.0. The molecule has 3 heterocycles. The molecule has 0 bridgehead atoms. The summed E-state index contributed by atoms with van der Waals surface area (Å²) in [5.74, 6) is -0.596. The molecule has 0 spiro atoms. The van der Waals surface area contributed by atoms with E-state index in [2.05, 4.69) is 10.3 Å². The first-order valence-corrected chi connectivity index (χ1v) is 8.07.